The van der Waals surface area contributed by atoms with Crippen LogP contribution in [0.1, 0.15) is 17.5 Å². The van der Waals surface area contributed by atoms with Crippen LogP contribution in [0.5, 0.6) is 5.75 Å². The van der Waals surface area contributed by atoms with Crippen molar-refractivity contribution in [3.63, 3.8) is 0 Å². The zero-order valence-corrected chi connectivity index (χ0v) is 11.5. The largest absolute Gasteiger partial charge is 0.497 e. The van der Waals surface area contributed by atoms with Gasteiger partial charge in [-0.05, 0) is 18.2 Å². The molecular weight excluding hydrogens is 271 g/mol. The van der Waals surface area contributed by atoms with Crippen molar-refractivity contribution in [2.75, 3.05) is 7.11 Å². The SMILES string of the molecule is COc1ccc(C(N)Cc2nc3ccccc3o2)c(F)c1. The molecule has 0 spiro atoms. The number of hydrogen-bond acceptors (Lipinski definition) is 4. The summed E-state index contributed by atoms with van der Waals surface area (Å²) >= 11 is 0. The lowest BCUT2D eigenvalue weighted by molar-refractivity contribution is 0.409. The molecule has 0 bridgehead atoms. The van der Waals surface area contributed by atoms with Gasteiger partial charge in [-0.2, -0.15) is 0 Å². The first-order valence-corrected chi connectivity index (χ1v) is 6.61. The molecule has 3 aromatic rings. The second-order valence-corrected chi connectivity index (χ2v) is 4.77. The van der Waals surface area contributed by atoms with Crippen LogP contribution in [0, 0.1) is 5.82 Å². The van der Waals surface area contributed by atoms with Gasteiger partial charge in [-0.1, -0.05) is 18.2 Å². The van der Waals surface area contributed by atoms with Crippen molar-refractivity contribution < 1.29 is 13.5 Å². The highest BCUT2D eigenvalue weighted by molar-refractivity contribution is 5.72. The van der Waals surface area contributed by atoms with Crippen LogP contribution in [0.25, 0.3) is 11.1 Å². The average molecular weight is 286 g/mol. The van der Waals surface area contributed by atoms with Gasteiger partial charge in [-0.3, -0.25) is 0 Å². The topological polar surface area (TPSA) is 61.3 Å². The van der Waals surface area contributed by atoms with Crippen molar-refractivity contribution in [3.05, 3.63) is 59.7 Å². The first-order chi connectivity index (χ1) is 10.2. The Morgan fingerprint density at radius 1 is 1.29 bits per heavy atom. The van der Waals surface area contributed by atoms with E-state index in [2.05, 4.69) is 4.98 Å². The molecule has 0 aliphatic rings. The number of hydrogen-bond donors (Lipinski definition) is 1. The number of ether oxygens (including phenoxy) is 1. The number of fused-ring (bicyclic) bond motifs is 1. The molecule has 2 aromatic carbocycles. The first kappa shape index (κ1) is 13.6. The minimum absolute atomic E-state index is 0.331. The molecule has 108 valence electrons. The summed E-state index contributed by atoms with van der Waals surface area (Å²) in [5.41, 5.74) is 7.95. The predicted octanol–water partition coefficient (Wildman–Crippen LogP) is 3.22. The molecule has 1 heterocycles. The van der Waals surface area contributed by atoms with Gasteiger partial charge in [0.25, 0.3) is 0 Å². The fraction of sp³-hybridized carbons (Fsp3) is 0.188. The van der Waals surface area contributed by atoms with Gasteiger partial charge in [-0.15, -0.1) is 0 Å². The molecular formula is C16H15FN2O2. The Hall–Kier alpha value is -2.40. The molecule has 0 radical (unpaired) electrons. The van der Waals surface area contributed by atoms with E-state index in [4.69, 9.17) is 14.9 Å². The molecule has 3 rings (SSSR count). The minimum Gasteiger partial charge on any atom is -0.497 e. The van der Waals surface area contributed by atoms with Gasteiger partial charge >= 0.3 is 0 Å². The van der Waals surface area contributed by atoms with Gasteiger partial charge in [-0.25, -0.2) is 9.37 Å². The Morgan fingerprint density at radius 3 is 2.81 bits per heavy atom. The van der Waals surface area contributed by atoms with Crippen molar-refractivity contribution in [1.29, 1.82) is 0 Å². The number of benzene rings is 2. The average Bonchev–Trinajstić information content (AvgIpc) is 2.88. The van der Waals surface area contributed by atoms with E-state index in [1.807, 2.05) is 24.3 Å². The Morgan fingerprint density at radius 2 is 2.10 bits per heavy atom. The van der Waals surface area contributed by atoms with Crippen LogP contribution in [0.3, 0.4) is 0 Å². The fourth-order valence-corrected chi connectivity index (χ4v) is 2.24. The van der Waals surface area contributed by atoms with Crippen LogP contribution in [0.2, 0.25) is 0 Å². The quantitative estimate of drug-likeness (QED) is 0.800. The van der Waals surface area contributed by atoms with Gasteiger partial charge in [0.2, 0.25) is 0 Å². The number of methoxy groups -OCH3 is 1. The maximum atomic E-state index is 14.0. The van der Waals surface area contributed by atoms with Crippen LogP contribution >= 0.6 is 0 Å². The number of rotatable bonds is 4. The third-order valence-corrected chi connectivity index (χ3v) is 3.34. The van der Waals surface area contributed by atoms with Crippen molar-refractivity contribution >= 4 is 11.1 Å². The number of oxazole rings is 1. The van der Waals surface area contributed by atoms with Crippen molar-refractivity contribution in [3.8, 4) is 5.75 Å². The van der Waals surface area contributed by atoms with Gasteiger partial charge in [0.05, 0.1) is 7.11 Å². The Bertz CT molecular complexity index is 737. The standard InChI is InChI=1S/C16H15FN2O2/c1-20-10-6-7-11(12(17)8-10)13(18)9-16-19-14-4-2-3-5-15(14)21-16/h2-8,13H,9,18H2,1H3. The Kier molecular flexibility index (Phi) is 3.58. The van der Waals surface area contributed by atoms with Crippen LogP contribution in [0.4, 0.5) is 4.39 Å². The van der Waals surface area contributed by atoms with Crippen LogP contribution in [-0.4, -0.2) is 12.1 Å². The van der Waals surface area contributed by atoms with Crippen LogP contribution in [0.15, 0.2) is 46.9 Å². The summed E-state index contributed by atoms with van der Waals surface area (Å²) in [5.74, 6) is 0.571. The molecule has 2 N–H and O–H groups in total. The maximum absolute atomic E-state index is 14.0. The molecule has 0 saturated carbocycles. The molecule has 0 saturated heterocycles. The van der Waals surface area contributed by atoms with E-state index < -0.39 is 11.9 Å². The second-order valence-electron chi connectivity index (χ2n) is 4.77. The number of aromatic nitrogens is 1. The third-order valence-electron chi connectivity index (χ3n) is 3.34. The summed E-state index contributed by atoms with van der Waals surface area (Å²) in [6.45, 7) is 0. The molecule has 0 aliphatic heterocycles. The van der Waals surface area contributed by atoms with E-state index in [-0.39, 0.29) is 0 Å². The smallest absolute Gasteiger partial charge is 0.197 e. The first-order valence-electron chi connectivity index (χ1n) is 6.61. The number of nitrogens with two attached hydrogens (primary N) is 1. The summed E-state index contributed by atoms with van der Waals surface area (Å²) in [5, 5.41) is 0. The summed E-state index contributed by atoms with van der Waals surface area (Å²) in [6.07, 6.45) is 0.331. The highest BCUT2D eigenvalue weighted by Crippen LogP contribution is 2.24. The Labute approximate surface area is 121 Å². The monoisotopic (exact) mass is 286 g/mol. The zero-order valence-electron chi connectivity index (χ0n) is 11.5. The lowest BCUT2D eigenvalue weighted by Gasteiger charge is -2.11. The second kappa shape index (κ2) is 5.54. The molecule has 5 heteroatoms. The summed E-state index contributed by atoms with van der Waals surface area (Å²) in [4.78, 5) is 4.35. The molecule has 1 unspecified atom stereocenters. The van der Waals surface area contributed by atoms with E-state index >= 15 is 0 Å². The summed E-state index contributed by atoms with van der Waals surface area (Å²) in [7, 11) is 1.49. The highest BCUT2D eigenvalue weighted by atomic mass is 19.1. The van der Waals surface area contributed by atoms with Gasteiger partial charge in [0, 0.05) is 24.1 Å². The van der Waals surface area contributed by atoms with Gasteiger partial charge in [0.15, 0.2) is 11.5 Å². The zero-order chi connectivity index (χ0) is 14.8. The van der Waals surface area contributed by atoms with Crippen molar-refractivity contribution in [1.82, 2.24) is 4.98 Å². The number of nitrogens with zero attached hydrogens (tertiary/aromatic N) is 1. The molecule has 1 atom stereocenters. The summed E-state index contributed by atoms with van der Waals surface area (Å²) in [6, 6.07) is 11.6. The Balaban J connectivity index is 1.83. The van der Waals surface area contributed by atoms with Gasteiger partial charge in [0.1, 0.15) is 17.1 Å². The third kappa shape index (κ3) is 2.73. The van der Waals surface area contributed by atoms with E-state index in [0.717, 1.165) is 5.52 Å². The van der Waals surface area contributed by atoms with Crippen molar-refractivity contribution in [2.24, 2.45) is 5.73 Å². The molecule has 0 fully saturated rings. The number of para-hydroxylation sites is 2. The maximum Gasteiger partial charge on any atom is 0.197 e. The van der Waals surface area contributed by atoms with E-state index in [0.29, 0.717) is 29.2 Å². The lowest BCUT2D eigenvalue weighted by Crippen LogP contribution is -2.15. The highest BCUT2D eigenvalue weighted by Gasteiger charge is 2.16. The fourth-order valence-electron chi connectivity index (χ4n) is 2.24. The molecule has 1 aromatic heterocycles. The minimum atomic E-state index is -0.524. The van der Waals surface area contributed by atoms with Crippen molar-refractivity contribution in [2.45, 2.75) is 12.5 Å². The molecule has 4 nitrogen and oxygen atoms in total. The predicted molar refractivity (Wildman–Crippen MR) is 77.6 cm³/mol. The van der Waals surface area contributed by atoms with Crippen LogP contribution < -0.4 is 10.5 Å². The lowest BCUT2D eigenvalue weighted by atomic mass is 10.0. The summed E-state index contributed by atoms with van der Waals surface area (Å²) < 4.78 is 24.6. The number of halogens is 1. The van der Waals surface area contributed by atoms with E-state index in [1.54, 1.807) is 12.1 Å². The normalized spacial score (nSPS) is 12.5. The van der Waals surface area contributed by atoms with Crippen LogP contribution in [-0.2, 0) is 6.42 Å². The molecule has 0 aliphatic carbocycles. The van der Waals surface area contributed by atoms with Gasteiger partial charge < -0.3 is 14.9 Å². The molecule has 21 heavy (non-hydrogen) atoms. The molecule has 0 amide bonds. The van der Waals surface area contributed by atoms with E-state index in [9.17, 15) is 4.39 Å². The van der Waals surface area contributed by atoms with E-state index in [1.165, 1.54) is 13.2 Å².